The van der Waals surface area contributed by atoms with Crippen LogP contribution in [0.4, 0.5) is 10.2 Å². The van der Waals surface area contributed by atoms with Gasteiger partial charge in [-0.3, -0.25) is 4.79 Å². The first-order chi connectivity index (χ1) is 9.50. The largest absolute Gasteiger partial charge is 0.467 e. The summed E-state index contributed by atoms with van der Waals surface area (Å²) >= 11 is 0. The fraction of sp³-hybridized carbons (Fsp3) is 0.462. The van der Waals surface area contributed by atoms with Crippen LogP contribution in [0.1, 0.15) is 16.8 Å². The summed E-state index contributed by atoms with van der Waals surface area (Å²) in [6, 6.07) is 3.27. The Bertz CT molecular complexity index is 520. The van der Waals surface area contributed by atoms with Crippen LogP contribution in [-0.2, 0) is 9.53 Å². The van der Waals surface area contributed by atoms with Gasteiger partial charge < -0.3 is 15.0 Å². The van der Waals surface area contributed by atoms with Crippen LogP contribution >= 0.6 is 0 Å². The first-order valence-electron chi connectivity index (χ1n) is 6.20. The number of aromatic nitrogens is 1. The molecule has 0 aliphatic carbocycles. The van der Waals surface area contributed by atoms with Gasteiger partial charge in [0, 0.05) is 26.2 Å². The third-order valence-electron chi connectivity index (χ3n) is 3.32. The SMILES string of the molecule is CNc1ccc(C(=O)N2CC[C@@](F)(C(=O)OC)C2)cn1. The van der Waals surface area contributed by atoms with E-state index < -0.39 is 11.6 Å². The lowest BCUT2D eigenvalue weighted by atomic mass is 10.1. The molecule has 7 heteroatoms. The predicted molar refractivity (Wildman–Crippen MR) is 70.2 cm³/mol. The van der Waals surface area contributed by atoms with E-state index >= 15 is 0 Å². The fourth-order valence-corrected chi connectivity index (χ4v) is 2.15. The molecule has 0 unspecified atom stereocenters. The van der Waals surface area contributed by atoms with Crippen LogP contribution < -0.4 is 5.32 Å². The first-order valence-corrected chi connectivity index (χ1v) is 6.20. The van der Waals surface area contributed by atoms with Crippen LogP contribution in [0.15, 0.2) is 18.3 Å². The van der Waals surface area contributed by atoms with Crippen molar-refractivity contribution in [2.75, 3.05) is 32.6 Å². The van der Waals surface area contributed by atoms with Gasteiger partial charge in [0.25, 0.3) is 5.91 Å². The Kier molecular flexibility index (Phi) is 3.87. The van der Waals surface area contributed by atoms with Crippen LogP contribution in [0.25, 0.3) is 0 Å². The molecular formula is C13H16FN3O3. The molecule has 2 rings (SSSR count). The molecule has 1 N–H and O–H groups in total. The van der Waals surface area contributed by atoms with Gasteiger partial charge in [0.15, 0.2) is 0 Å². The number of likely N-dealkylation sites (tertiary alicyclic amines) is 1. The maximum atomic E-state index is 14.3. The van der Waals surface area contributed by atoms with E-state index in [9.17, 15) is 14.0 Å². The average Bonchev–Trinajstić information content (AvgIpc) is 2.89. The molecule has 1 amide bonds. The smallest absolute Gasteiger partial charge is 0.345 e. The van der Waals surface area contributed by atoms with Gasteiger partial charge in [-0.1, -0.05) is 0 Å². The maximum Gasteiger partial charge on any atom is 0.345 e. The molecule has 108 valence electrons. The van der Waals surface area contributed by atoms with Crippen molar-refractivity contribution < 1.29 is 18.7 Å². The number of hydrogen-bond donors (Lipinski definition) is 1. The molecule has 1 saturated heterocycles. The monoisotopic (exact) mass is 281 g/mol. The minimum atomic E-state index is -2.11. The Hall–Kier alpha value is -2.18. The van der Waals surface area contributed by atoms with E-state index in [2.05, 4.69) is 15.0 Å². The van der Waals surface area contributed by atoms with Crippen LogP contribution in [0.2, 0.25) is 0 Å². The minimum absolute atomic E-state index is 0.0482. The summed E-state index contributed by atoms with van der Waals surface area (Å²) in [5.41, 5.74) is -1.75. The number of carbonyl (C=O) groups excluding carboxylic acids is 2. The van der Waals surface area contributed by atoms with Crippen LogP contribution in [-0.4, -0.2) is 54.7 Å². The van der Waals surface area contributed by atoms with Gasteiger partial charge in [-0.2, -0.15) is 0 Å². The van der Waals surface area contributed by atoms with E-state index in [1.807, 2.05) is 0 Å². The van der Waals surface area contributed by atoms with Crippen molar-refractivity contribution in [3.05, 3.63) is 23.9 Å². The number of methoxy groups -OCH3 is 1. The van der Waals surface area contributed by atoms with Crippen LogP contribution in [0.5, 0.6) is 0 Å². The van der Waals surface area contributed by atoms with Crippen LogP contribution in [0, 0.1) is 0 Å². The zero-order valence-electron chi connectivity index (χ0n) is 11.4. The molecule has 0 spiro atoms. The predicted octanol–water partition coefficient (Wildman–Crippen LogP) is 0.851. The summed E-state index contributed by atoms with van der Waals surface area (Å²) in [7, 11) is 2.85. The summed E-state index contributed by atoms with van der Waals surface area (Å²) in [5, 5.41) is 2.84. The van der Waals surface area contributed by atoms with Crippen molar-refractivity contribution in [1.82, 2.24) is 9.88 Å². The lowest BCUT2D eigenvalue weighted by Crippen LogP contribution is -2.39. The zero-order chi connectivity index (χ0) is 14.8. The van der Waals surface area contributed by atoms with E-state index in [-0.39, 0.29) is 25.4 Å². The third-order valence-corrected chi connectivity index (χ3v) is 3.32. The summed E-state index contributed by atoms with van der Waals surface area (Å²) in [6.07, 6.45) is 1.37. The normalized spacial score (nSPS) is 21.6. The van der Waals surface area contributed by atoms with E-state index in [1.54, 1.807) is 19.2 Å². The number of pyridine rings is 1. The zero-order valence-corrected chi connectivity index (χ0v) is 11.4. The molecule has 0 saturated carbocycles. The number of ether oxygens (including phenoxy) is 1. The Labute approximate surface area is 115 Å². The number of anilines is 1. The summed E-state index contributed by atoms with van der Waals surface area (Å²) in [6.45, 7) is -0.107. The second kappa shape index (κ2) is 5.44. The van der Waals surface area contributed by atoms with Crippen molar-refractivity contribution >= 4 is 17.7 Å². The molecule has 1 fully saturated rings. The van der Waals surface area contributed by atoms with Gasteiger partial charge in [0.2, 0.25) is 5.67 Å². The summed E-state index contributed by atoms with van der Waals surface area (Å²) < 4.78 is 18.7. The van der Waals surface area contributed by atoms with Crippen molar-refractivity contribution in [3.63, 3.8) is 0 Å². The number of esters is 1. The van der Waals surface area contributed by atoms with Gasteiger partial charge in [-0.25, -0.2) is 14.2 Å². The second-order valence-electron chi connectivity index (χ2n) is 4.62. The number of hydrogen-bond acceptors (Lipinski definition) is 5. The van der Waals surface area contributed by atoms with Crippen LogP contribution in [0.3, 0.4) is 0 Å². The Balaban J connectivity index is 2.09. The highest BCUT2D eigenvalue weighted by atomic mass is 19.1. The van der Waals surface area contributed by atoms with E-state index in [0.29, 0.717) is 11.4 Å². The van der Waals surface area contributed by atoms with Crippen molar-refractivity contribution in [1.29, 1.82) is 0 Å². The lowest BCUT2D eigenvalue weighted by molar-refractivity contribution is -0.153. The molecule has 6 nitrogen and oxygen atoms in total. The second-order valence-corrected chi connectivity index (χ2v) is 4.62. The third kappa shape index (κ3) is 2.56. The molecule has 1 atom stereocenters. The average molecular weight is 281 g/mol. The molecule has 0 radical (unpaired) electrons. The number of nitrogens with one attached hydrogen (secondary N) is 1. The Morgan fingerprint density at radius 2 is 2.25 bits per heavy atom. The van der Waals surface area contributed by atoms with Gasteiger partial charge in [0.05, 0.1) is 19.2 Å². The minimum Gasteiger partial charge on any atom is -0.467 e. The highest BCUT2D eigenvalue weighted by Crippen LogP contribution is 2.28. The first kappa shape index (κ1) is 14.2. The fourth-order valence-electron chi connectivity index (χ4n) is 2.15. The Morgan fingerprint density at radius 3 is 2.80 bits per heavy atom. The van der Waals surface area contributed by atoms with E-state index in [0.717, 1.165) is 7.11 Å². The molecule has 0 aromatic carbocycles. The molecule has 1 aliphatic heterocycles. The van der Waals surface area contributed by atoms with E-state index in [1.165, 1.54) is 11.1 Å². The molecule has 2 heterocycles. The number of alkyl halides is 1. The maximum absolute atomic E-state index is 14.3. The molecule has 1 aromatic rings. The number of amides is 1. The molecule has 20 heavy (non-hydrogen) atoms. The van der Waals surface area contributed by atoms with Gasteiger partial charge in [0.1, 0.15) is 5.82 Å². The van der Waals surface area contributed by atoms with Gasteiger partial charge in [-0.05, 0) is 12.1 Å². The van der Waals surface area contributed by atoms with Gasteiger partial charge in [-0.15, -0.1) is 0 Å². The van der Waals surface area contributed by atoms with Gasteiger partial charge >= 0.3 is 5.97 Å². The molecule has 1 aliphatic rings. The van der Waals surface area contributed by atoms with Crippen molar-refractivity contribution in [2.45, 2.75) is 12.1 Å². The van der Waals surface area contributed by atoms with E-state index in [4.69, 9.17) is 0 Å². The summed E-state index contributed by atoms with van der Waals surface area (Å²) in [5.74, 6) is -0.641. The molecular weight excluding hydrogens is 265 g/mol. The topological polar surface area (TPSA) is 71.5 Å². The molecule has 1 aromatic heterocycles. The highest BCUT2D eigenvalue weighted by Gasteiger charge is 2.47. The number of halogens is 1. The summed E-state index contributed by atoms with van der Waals surface area (Å²) in [4.78, 5) is 28.9. The Morgan fingerprint density at radius 1 is 1.50 bits per heavy atom. The van der Waals surface area contributed by atoms with Crippen molar-refractivity contribution in [3.8, 4) is 0 Å². The highest BCUT2D eigenvalue weighted by molar-refractivity contribution is 5.95. The number of nitrogens with zero attached hydrogens (tertiary/aromatic N) is 2. The molecule has 0 bridgehead atoms. The number of rotatable bonds is 3. The lowest BCUT2D eigenvalue weighted by Gasteiger charge is -2.18. The quantitative estimate of drug-likeness (QED) is 0.832. The van der Waals surface area contributed by atoms with Crippen molar-refractivity contribution in [2.24, 2.45) is 0 Å². The standard InChI is InChI=1S/C13H16FN3O3/c1-15-10-4-3-9(7-16-10)11(18)17-6-5-13(14,8-17)12(19)20-2/h3-4,7H,5-6,8H2,1-2H3,(H,15,16)/t13-/m0/s1. The number of carbonyl (C=O) groups is 2.